The van der Waals surface area contributed by atoms with Crippen molar-refractivity contribution in [3.63, 3.8) is 0 Å². The van der Waals surface area contributed by atoms with Crippen molar-refractivity contribution in [2.24, 2.45) is 0 Å². The average Bonchev–Trinajstić information content (AvgIpc) is 2.85. The van der Waals surface area contributed by atoms with Crippen molar-refractivity contribution in [2.75, 3.05) is 0 Å². The summed E-state index contributed by atoms with van der Waals surface area (Å²) in [5, 5.41) is 3.31. The number of benzene rings is 1. The van der Waals surface area contributed by atoms with E-state index >= 15 is 0 Å². The lowest BCUT2D eigenvalue weighted by Gasteiger charge is -2.11. The van der Waals surface area contributed by atoms with Crippen LogP contribution in [0.5, 0.6) is 0 Å². The minimum atomic E-state index is 0.249. The smallest absolute Gasteiger partial charge is 0.123 e. The third-order valence-corrected chi connectivity index (χ3v) is 4.19. The first-order chi connectivity index (χ1) is 8.75. The molecule has 2 heterocycles. The van der Waals surface area contributed by atoms with Crippen LogP contribution in [-0.2, 0) is 0 Å². The largest absolute Gasteiger partial charge is 0.240 e. The molecule has 3 heteroatoms. The molecule has 0 spiro atoms. The second-order valence-electron chi connectivity index (χ2n) is 4.22. The molecule has 90 valence electrons. The molecule has 1 aromatic carbocycles. The van der Waals surface area contributed by atoms with Crippen molar-refractivity contribution in [1.82, 2.24) is 4.98 Å². The van der Waals surface area contributed by atoms with Crippen molar-refractivity contribution in [3.05, 3.63) is 53.5 Å². The Hall–Kier alpha value is -1.19. The quantitative estimate of drug-likeness (QED) is 0.575. The summed E-state index contributed by atoms with van der Waals surface area (Å²) < 4.78 is 0. The van der Waals surface area contributed by atoms with Gasteiger partial charge in [-0.2, -0.15) is 0 Å². The Bertz CT molecular complexity index is 673. The van der Waals surface area contributed by atoms with Crippen LogP contribution in [0.25, 0.3) is 21.3 Å². The van der Waals surface area contributed by atoms with Crippen LogP contribution in [0.1, 0.15) is 17.4 Å². The van der Waals surface area contributed by atoms with Crippen LogP contribution >= 0.6 is 27.3 Å². The molecule has 0 saturated carbocycles. The molecule has 0 aliphatic carbocycles. The standard InChI is InChI=1S/C15H12BrNS/c1-10(16)14-13(11-5-3-2-4-6-11)9-12-7-8-18-15(12)17-14/h2-10H,1H3. The summed E-state index contributed by atoms with van der Waals surface area (Å²) in [6.45, 7) is 2.12. The summed E-state index contributed by atoms with van der Waals surface area (Å²) in [7, 11) is 0. The van der Waals surface area contributed by atoms with Crippen LogP contribution in [-0.4, -0.2) is 4.98 Å². The molecule has 3 rings (SSSR count). The van der Waals surface area contributed by atoms with Gasteiger partial charge in [0.05, 0.1) is 10.5 Å². The van der Waals surface area contributed by atoms with Gasteiger partial charge < -0.3 is 0 Å². The fourth-order valence-electron chi connectivity index (χ4n) is 2.06. The summed E-state index contributed by atoms with van der Waals surface area (Å²) in [5.41, 5.74) is 3.54. The van der Waals surface area contributed by atoms with E-state index in [1.807, 2.05) is 6.07 Å². The maximum Gasteiger partial charge on any atom is 0.123 e. The van der Waals surface area contributed by atoms with Gasteiger partial charge in [0, 0.05) is 10.9 Å². The molecular weight excluding hydrogens is 306 g/mol. The van der Waals surface area contributed by atoms with E-state index in [1.54, 1.807) is 11.3 Å². The summed E-state index contributed by atoms with van der Waals surface area (Å²) >= 11 is 5.34. The van der Waals surface area contributed by atoms with E-state index in [0.717, 1.165) is 10.5 Å². The van der Waals surface area contributed by atoms with E-state index in [-0.39, 0.29) is 4.83 Å². The Morgan fingerprint density at radius 2 is 1.94 bits per heavy atom. The van der Waals surface area contributed by atoms with Gasteiger partial charge in [-0.1, -0.05) is 46.3 Å². The van der Waals surface area contributed by atoms with Crippen molar-refractivity contribution in [3.8, 4) is 11.1 Å². The van der Waals surface area contributed by atoms with Gasteiger partial charge in [-0.3, -0.25) is 0 Å². The maximum absolute atomic E-state index is 4.78. The first-order valence-corrected chi connectivity index (χ1v) is 7.63. The molecule has 0 N–H and O–H groups in total. The first-order valence-electron chi connectivity index (χ1n) is 5.83. The molecule has 0 amide bonds. The summed E-state index contributed by atoms with van der Waals surface area (Å²) in [6.07, 6.45) is 0. The second kappa shape index (κ2) is 4.82. The Kier molecular flexibility index (Phi) is 3.18. The van der Waals surface area contributed by atoms with Gasteiger partial charge in [-0.25, -0.2) is 4.98 Å². The Morgan fingerprint density at radius 1 is 1.17 bits per heavy atom. The van der Waals surface area contributed by atoms with Crippen LogP contribution in [0.2, 0.25) is 0 Å². The van der Waals surface area contributed by atoms with Gasteiger partial charge in [0.1, 0.15) is 4.83 Å². The monoisotopic (exact) mass is 317 g/mol. The third-order valence-electron chi connectivity index (χ3n) is 2.93. The van der Waals surface area contributed by atoms with Crippen molar-refractivity contribution >= 4 is 37.5 Å². The molecular formula is C15H12BrNS. The SMILES string of the molecule is CC(Br)c1nc2sccc2cc1-c1ccccc1. The lowest BCUT2D eigenvalue weighted by molar-refractivity contribution is 1.05. The van der Waals surface area contributed by atoms with Gasteiger partial charge in [-0.15, -0.1) is 11.3 Å². The van der Waals surface area contributed by atoms with E-state index < -0.39 is 0 Å². The fourth-order valence-corrected chi connectivity index (χ4v) is 3.17. The van der Waals surface area contributed by atoms with Crippen molar-refractivity contribution in [2.45, 2.75) is 11.8 Å². The number of thiophene rings is 1. The summed E-state index contributed by atoms with van der Waals surface area (Å²) in [5.74, 6) is 0. The van der Waals surface area contributed by atoms with Gasteiger partial charge in [0.25, 0.3) is 0 Å². The number of aromatic nitrogens is 1. The average molecular weight is 318 g/mol. The van der Waals surface area contributed by atoms with Gasteiger partial charge in [0.2, 0.25) is 0 Å². The number of hydrogen-bond acceptors (Lipinski definition) is 2. The molecule has 18 heavy (non-hydrogen) atoms. The predicted molar refractivity (Wildman–Crippen MR) is 82.4 cm³/mol. The number of rotatable bonds is 2. The summed E-state index contributed by atoms with van der Waals surface area (Å²) in [6, 6.07) is 14.8. The highest BCUT2D eigenvalue weighted by Crippen LogP contribution is 2.34. The summed E-state index contributed by atoms with van der Waals surface area (Å²) in [4.78, 5) is 6.14. The number of halogens is 1. The molecule has 3 aromatic rings. The van der Waals surface area contributed by atoms with E-state index in [2.05, 4.69) is 64.6 Å². The van der Waals surface area contributed by atoms with Gasteiger partial charge in [0.15, 0.2) is 0 Å². The van der Waals surface area contributed by atoms with Crippen LogP contribution in [0.3, 0.4) is 0 Å². The molecule has 0 aliphatic heterocycles. The van der Waals surface area contributed by atoms with E-state index in [0.29, 0.717) is 0 Å². The van der Waals surface area contributed by atoms with Crippen LogP contribution in [0.4, 0.5) is 0 Å². The highest BCUT2D eigenvalue weighted by molar-refractivity contribution is 9.09. The van der Waals surface area contributed by atoms with Crippen LogP contribution in [0.15, 0.2) is 47.8 Å². The molecule has 1 unspecified atom stereocenters. The molecule has 1 nitrogen and oxygen atoms in total. The minimum Gasteiger partial charge on any atom is -0.240 e. The number of pyridine rings is 1. The lowest BCUT2D eigenvalue weighted by atomic mass is 10.0. The third kappa shape index (κ3) is 2.08. The highest BCUT2D eigenvalue weighted by atomic mass is 79.9. The van der Waals surface area contributed by atoms with Gasteiger partial charge >= 0.3 is 0 Å². The predicted octanol–water partition coefficient (Wildman–Crippen LogP) is 5.42. The maximum atomic E-state index is 4.78. The topological polar surface area (TPSA) is 12.9 Å². The van der Waals surface area contributed by atoms with E-state index in [4.69, 9.17) is 4.98 Å². The number of hydrogen-bond donors (Lipinski definition) is 0. The lowest BCUT2D eigenvalue weighted by Crippen LogP contribution is -1.94. The fraction of sp³-hybridized carbons (Fsp3) is 0.133. The molecule has 1 atom stereocenters. The Morgan fingerprint density at radius 3 is 2.67 bits per heavy atom. The van der Waals surface area contributed by atoms with Crippen LogP contribution in [0, 0.1) is 0 Å². The van der Waals surface area contributed by atoms with E-state index in [9.17, 15) is 0 Å². The zero-order chi connectivity index (χ0) is 12.5. The Labute approximate surface area is 119 Å². The highest BCUT2D eigenvalue weighted by Gasteiger charge is 2.13. The zero-order valence-corrected chi connectivity index (χ0v) is 12.3. The number of fused-ring (bicyclic) bond motifs is 1. The normalized spacial score (nSPS) is 12.8. The van der Waals surface area contributed by atoms with Crippen molar-refractivity contribution < 1.29 is 0 Å². The molecule has 0 aliphatic rings. The van der Waals surface area contributed by atoms with E-state index in [1.165, 1.54) is 16.5 Å². The number of alkyl halides is 1. The first kappa shape index (κ1) is 11.9. The minimum absolute atomic E-state index is 0.249. The second-order valence-corrected chi connectivity index (χ2v) is 6.49. The van der Waals surface area contributed by atoms with Crippen molar-refractivity contribution in [1.29, 1.82) is 0 Å². The van der Waals surface area contributed by atoms with Crippen LogP contribution < -0.4 is 0 Å². The number of nitrogens with zero attached hydrogens (tertiary/aromatic N) is 1. The van der Waals surface area contributed by atoms with Gasteiger partial charge in [-0.05, 0) is 30.0 Å². The molecule has 0 bridgehead atoms. The zero-order valence-electron chi connectivity index (χ0n) is 9.93. The molecule has 0 radical (unpaired) electrons. The Balaban J connectivity index is 2.28. The molecule has 0 fully saturated rings. The molecule has 0 saturated heterocycles. The molecule has 2 aromatic heterocycles.